The molecule has 1 aliphatic rings. The van der Waals surface area contributed by atoms with Gasteiger partial charge in [0.15, 0.2) is 0 Å². The van der Waals surface area contributed by atoms with Crippen molar-refractivity contribution < 1.29 is 34.2 Å². The number of carboxylic acids is 1. The molecule has 1 saturated heterocycles. The van der Waals surface area contributed by atoms with E-state index in [0.29, 0.717) is 44.3 Å². The molecule has 4 unspecified atom stereocenters. The lowest BCUT2D eigenvalue weighted by Crippen LogP contribution is -2.57. The first kappa shape index (κ1) is 30.5. The Morgan fingerprint density at radius 2 is 1.61 bits per heavy atom. The average Bonchev–Trinajstić information content (AvgIpc) is 3.41. The molecule has 0 saturated carbocycles. The number of aromatic hydroxyl groups is 1. The summed E-state index contributed by atoms with van der Waals surface area (Å²) in [5.41, 5.74) is 11.3. The minimum absolute atomic E-state index is 0.0133. The van der Waals surface area contributed by atoms with Gasteiger partial charge in [-0.15, -0.1) is 0 Å². The number of nitrogens with one attached hydrogen (secondary N) is 4. The van der Waals surface area contributed by atoms with Crippen molar-refractivity contribution in [2.24, 2.45) is 11.5 Å². The maximum Gasteiger partial charge on any atom is 0.326 e. The molecule has 4 amide bonds. The molecule has 0 aromatic heterocycles. The Hall–Kier alpha value is -3.71. The molecule has 4 atom stereocenters. The van der Waals surface area contributed by atoms with Gasteiger partial charge in [-0.05, 0) is 69.3 Å². The average molecular weight is 535 g/mol. The highest BCUT2D eigenvalue weighted by Gasteiger charge is 2.31. The van der Waals surface area contributed by atoms with Crippen LogP contribution < -0.4 is 32.7 Å². The van der Waals surface area contributed by atoms with Gasteiger partial charge in [0, 0.05) is 12.8 Å². The molecule has 38 heavy (non-hydrogen) atoms. The number of carboxylic acid groups (broad SMARTS) is 1. The van der Waals surface area contributed by atoms with Gasteiger partial charge in [0.25, 0.3) is 0 Å². The van der Waals surface area contributed by atoms with E-state index in [-0.39, 0.29) is 30.9 Å². The zero-order valence-corrected chi connectivity index (χ0v) is 21.3. The highest BCUT2D eigenvalue weighted by Crippen LogP contribution is 2.13. The second-order valence-electron chi connectivity index (χ2n) is 9.33. The van der Waals surface area contributed by atoms with Crippen LogP contribution in [0, 0.1) is 0 Å². The molecule has 10 N–H and O–H groups in total. The van der Waals surface area contributed by atoms with Gasteiger partial charge < -0.3 is 42.9 Å². The van der Waals surface area contributed by atoms with Crippen molar-refractivity contribution >= 4 is 29.6 Å². The molecule has 1 aliphatic heterocycles. The number of hydrogen-bond acceptors (Lipinski definition) is 8. The second kappa shape index (κ2) is 15.5. The number of carbonyl (C=O) groups is 5. The standard InChI is InChI=1S/C25H38N6O7/c26-12-2-1-4-18(29-22(34)17-5-3-13-28-17)23(35)31-20(14-15-6-8-16(32)9-7-15)24(36)30-19(25(37)38)10-11-21(27)33/h6-9,17-20,28,32H,1-5,10-14,26H2,(H2,27,33)(H,29,34)(H,30,36)(H,31,35)(H,37,38). The SMILES string of the molecule is NCCCCC(NC(=O)C1CCCN1)C(=O)NC(Cc1ccc(O)cc1)C(=O)NC(CCC(N)=O)C(=O)O. The third-order valence-electron chi connectivity index (χ3n) is 6.26. The fourth-order valence-corrected chi connectivity index (χ4v) is 4.11. The van der Waals surface area contributed by atoms with E-state index in [9.17, 15) is 34.2 Å². The number of primary amides is 1. The molecule has 1 aromatic carbocycles. The van der Waals surface area contributed by atoms with E-state index in [2.05, 4.69) is 21.3 Å². The van der Waals surface area contributed by atoms with Gasteiger partial charge >= 0.3 is 5.97 Å². The number of phenols is 1. The molecular formula is C25H38N6O7. The quantitative estimate of drug-likeness (QED) is 0.117. The molecule has 210 valence electrons. The smallest absolute Gasteiger partial charge is 0.326 e. The summed E-state index contributed by atoms with van der Waals surface area (Å²) in [7, 11) is 0. The van der Waals surface area contributed by atoms with Crippen LogP contribution in [-0.2, 0) is 30.4 Å². The van der Waals surface area contributed by atoms with Crippen LogP contribution >= 0.6 is 0 Å². The molecule has 1 heterocycles. The van der Waals surface area contributed by atoms with Gasteiger partial charge in [-0.1, -0.05) is 12.1 Å². The largest absolute Gasteiger partial charge is 0.508 e. The zero-order valence-electron chi connectivity index (χ0n) is 21.3. The fraction of sp³-hybridized carbons (Fsp3) is 0.560. The summed E-state index contributed by atoms with van der Waals surface area (Å²) in [5, 5.41) is 29.9. The first-order chi connectivity index (χ1) is 18.1. The summed E-state index contributed by atoms with van der Waals surface area (Å²) in [6.45, 7) is 1.12. The van der Waals surface area contributed by atoms with Crippen LogP contribution in [0.1, 0.15) is 50.5 Å². The highest BCUT2D eigenvalue weighted by molar-refractivity contribution is 5.94. The predicted molar refractivity (Wildman–Crippen MR) is 138 cm³/mol. The molecule has 0 radical (unpaired) electrons. The van der Waals surface area contributed by atoms with Gasteiger partial charge in [-0.3, -0.25) is 19.2 Å². The van der Waals surface area contributed by atoms with Crippen molar-refractivity contribution in [2.45, 2.75) is 75.5 Å². The lowest BCUT2D eigenvalue weighted by atomic mass is 10.0. The third kappa shape index (κ3) is 10.3. The Kier molecular flexibility index (Phi) is 12.5. The van der Waals surface area contributed by atoms with Crippen LogP contribution in [0.5, 0.6) is 5.75 Å². The van der Waals surface area contributed by atoms with Gasteiger partial charge in [0.2, 0.25) is 23.6 Å². The number of aliphatic carboxylic acids is 1. The summed E-state index contributed by atoms with van der Waals surface area (Å²) in [6, 6.07) is 2.02. The summed E-state index contributed by atoms with van der Waals surface area (Å²) in [4.78, 5) is 61.9. The number of hydrogen-bond donors (Lipinski definition) is 8. The minimum Gasteiger partial charge on any atom is -0.508 e. The minimum atomic E-state index is -1.40. The lowest BCUT2D eigenvalue weighted by molar-refractivity contribution is -0.142. The molecule has 1 fully saturated rings. The maximum atomic E-state index is 13.3. The van der Waals surface area contributed by atoms with Crippen LogP contribution in [-0.4, -0.2) is 77.1 Å². The number of carbonyl (C=O) groups excluding carboxylic acids is 4. The van der Waals surface area contributed by atoms with Crippen LogP contribution in [0.4, 0.5) is 0 Å². The van der Waals surface area contributed by atoms with Gasteiger partial charge in [-0.2, -0.15) is 0 Å². The first-order valence-corrected chi connectivity index (χ1v) is 12.7. The highest BCUT2D eigenvalue weighted by atomic mass is 16.4. The number of amides is 4. The van der Waals surface area contributed by atoms with Crippen LogP contribution in [0.3, 0.4) is 0 Å². The molecule has 13 nitrogen and oxygen atoms in total. The number of benzene rings is 1. The van der Waals surface area contributed by atoms with Crippen LogP contribution in [0.2, 0.25) is 0 Å². The second-order valence-corrected chi connectivity index (χ2v) is 9.33. The van der Waals surface area contributed by atoms with Gasteiger partial charge in [-0.25, -0.2) is 4.79 Å². The lowest BCUT2D eigenvalue weighted by Gasteiger charge is -2.25. The van der Waals surface area contributed by atoms with E-state index in [1.54, 1.807) is 12.1 Å². The van der Waals surface area contributed by atoms with E-state index in [4.69, 9.17) is 11.5 Å². The Labute approximate surface area is 221 Å². The number of nitrogens with two attached hydrogens (primary N) is 2. The van der Waals surface area contributed by atoms with Gasteiger partial charge in [0.05, 0.1) is 6.04 Å². The van der Waals surface area contributed by atoms with Crippen molar-refractivity contribution in [1.82, 2.24) is 21.3 Å². The van der Waals surface area contributed by atoms with Crippen molar-refractivity contribution in [2.75, 3.05) is 13.1 Å². The van der Waals surface area contributed by atoms with E-state index < -0.39 is 47.9 Å². The summed E-state index contributed by atoms with van der Waals surface area (Å²) in [6.07, 6.45) is 2.50. The fourth-order valence-electron chi connectivity index (χ4n) is 4.11. The topological polar surface area (TPSA) is 226 Å². The molecule has 13 heteroatoms. The molecule has 2 rings (SSSR count). The van der Waals surface area contributed by atoms with Crippen molar-refractivity contribution in [3.8, 4) is 5.75 Å². The third-order valence-corrected chi connectivity index (χ3v) is 6.26. The van der Waals surface area contributed by atoms with Crippen LogP contribution in [0.25, 0.3) is 0 Å². The van der Waals surface area contributed by atoms with E-state index in [0.717, 1.165) is 6.42 Å². The molecule has 1 aromatic rings. The Bertz CT molecular complexity index is 965. The molecular weight excluding hydrogens is 496 g/mol. The molecule has 0 aliphatic carbocycles. The van der Waals surface area contributed by atoms with E-state index in [1.807, 2.05) is 0 Å². The monoisotopic (exact) mass is 534 g/mol. The summed E-state index contributed by atoms with van der Waals surface area (Å²) >= 11 is 0. The Balaban J connectivity index is 2.21. The van der Waals surface area contributed by atoms with Gasteiger partial charge in [0.1, 0.15) is 23.9 Å². The summed E-state index contributed by atoms with van der Waals surface area (Å²) in [5.74, 6) is -3.76. The Morgan fingerprint density at radius 3 is 2.18 bits per heavy atom. The van der Waals surface area contributed by atoms with E-state index in [1.165, 1.54) is 12.1 Å². The zero-order chi connectivity index (χ0) is 28.1. The van der Waals surface area contributed by atoms with Crippen molar-refractivity contribution in [3.63, 3.8) is 0 Å². The Morgan fingerprint density at radius 1 is 0.947 bits per heavy atom. The van der Waals surface area contributed by atoms with Crippen molar-refractivity contribution in [1.29, 1.82) is 0 Å². The number of unbranched alkanes of at least 4 members (excludes halogenated alkanes) is 1. The molecule has 0 bridgehead atoms. The van der Waals surface area contributed by atoms with Crippen LogP contribution in [0.15, 0.2) is 24.3 Å². The van der Waals surface area contributed by atoms with Crippen molar-refractivity contribution in [3.05, 3.63) is 29.8 Å². The molecule has 0 spiro atoms. The summed E-state index contributed by atoms with van der Waals surface area (Å²) < 4.78 is 0. The predicted octanol–water partition coefficient (Wildman–Crippen LogP) is -1.38. The van der Waals surface area contributed by atoms with E-state index >= 15 is 0 Å². The number of phenolic OH excluding ortho intramolecular Hbond substituents is 1. The number of rotatable bonds is 16. The normalized spacial score (nSPS) is 17.1. The maximum absolute atomic E-state index is 13.3. The first-order valence-electron chi connectivity index (χ1n) is 12.7.